The topological polar surface area (TPSA) is 49.3 Å². The molecular formula is C22H24N4O. The second-order valence-corrected chi connectivity index (χ2v) is 6.23. The van der Waals surface area contributed by atoms with Gasteiger partial charge in [-0.2, -0.15) is 0 Å². The van der Waals surface area contributed by atoms with Gasteiger partial charge in [-0.1, -0.05) is 30.3 Å². The van der Waals surface area contributed by atoms with Gasteiger partial charge in [-0.15, -0.1) is 0 Å². The van der Waals surface area contributed by atoms with Crippen LogP contribution in [0.1, 0.15) is 29.9 Å². The summed E-state index contributed by atoms with van der Waals surface area (Å²) in [5.74, 6) is 0.582. The van der Waals surface area contributed by atoms with Crippen LogP contribution in [0, 0.1) is 6.92 Å². The van der Waals surface area contributed by atoms with Crippen LogP contribution in [-0.4, -0.2) is 29.0 Å². The van der Waals surface area contributed by atoms with Crippen LogP contribution in [0.25, 0.3) is 0 Å². The molecule has 0 bridgehead atoms. The summed E-state index contributed by atoms with van der Waals surface area (Å²) in [6, 6.07) is 19.7. The lowest BCUT2D eigenvalue weighted by molar-refractivity contribution is 0.0983. The molecule has 1 aromatic heterocycles. The number of rotatable bonds is 6. The first-order valence-corrected chi connectivity index (χ1v) is 9.17. The summed E-state index contributed by atoms with van der Waals surface area (Å²) in [6.45, 7) is 7.35. The molecule has 0 atom stereocenters. The number of carbonyl (C=O) groups is 1. The van der Waals surface area contributed by atoms with E-state index in [-0.39, 0.29) is 5.91 Å². The summed E-state index contributed by atoms with van der Waals surface area (Å²) in [5.41, 5.74) is 3.40. The number of aryl methyl sites for hydroxylation is 1. The van der Waals surface area contributed by atoms with E-state index >= 15 is 0 Å². The molecule has 0 aliphatic carbocycles. The van der Waals surface area contributed by atoms with Crippen molar-refractivity contribution >= 4 is 23.1 Å². The molecule has 0 N–H and O–H groups in total. The van der Waals surface area contributed by atoms with Crippen molar-refractivity contribution in [3.63, 3.8) is 0 Å². The van der Waals surface area contributed by atoms with Gasteiger partial charge in [-0.3, -0.25) is 4.79 Å². The van der Waals surface area contributed by atoms with Crippen molar-refractivity contribution < 1.29 is 4.79 Å². The molecule has 1 heterocycles. The molecule has 0 saturated heterocycles. The molecule has 0 aliphatic heterocycles. The molecule has 138 valence electrons. The van der Waals surface area contributed by atoms with Crippen LogP contribution in [0.2, 0.25) is 0 Å². The van der Waals surface area contributed by atoms with Crippen LogP contribution in [0.15, 0.2) is 67.0 Å². The van der Waals surface area contributed by atoms with E-state index in [1.807, 2.05) is 68.4 Å². The molecule has 0 spiro atoms. The zero-order valence-electron chi connectivity index (χ0n) is 16.0. The molecule has 5 heteroatoms. The minimum Gasteiger partial charge on any atom is -0.327 e. The first-order chi connectivity index (χ1) is 13.1. The predicted molar refractivity (Wildman–Crippen MR) is 110 cm³/mol. The lowest BCUT2D eigenvalue weighted by atomic mass is 10.2. The summed E-state index contributed by atoms with van der Waals surface area (Å²) >= 11 is 0. The summed E-state index contributed by atoms with van der Waals surface area (Å²) in [6.07, 6.45) is 1.46. The quantitative estimate of drug-likeness (QED) is 0.644. The fourth-order valence-electron chi connectivity index (χ4n) is 3.07. The third kappa shape index (κ3) is 4.14. The Morgan fingerprint density at radius 2 is 1.63 bits per heavy atom. The molecule has 5 nitrogen and oxygen atoms in total. The summed E-state index contributed by atoms with van der Waals surface area (Å²) in [5, 5.41) is 0. The molecular weight excluding hydrogens is 336 g/mol. The Hall–Kier alpha value is -3.21. The molecule has 2 aromatic carbocycles. The maximum absolute atomic E-state index is 13.1. The standard InChI is InChI=1S/C22H24N4O/c1-4-25(18-11-7-6-8-12-18)21-15-20(23-16-24-21)22(27)26(5-2)19-13-9-10-17(3)14-19/h6-16H,4-5H2,1-3H3. The first-order valence-electron chi connectivity index (χ1n) is 9.17. The van der Waals surface area contributed by atoms with Crippen LogP contribution in [0.5, 0.6) is 0 Å². The molecule has 0 aliphatic rings. The second kappa shape index (κ2) is 8.45. The van der Waals surface area contributed by atoms with Crippen molar-refractivity contribution in [1.29, 1.82) is 0 Å². The third-order valence-corrected chi connectivity index (χ3v) is 4.41. The summed E-state index contributed by atoms with van der Waals surface area (Å²) < 4.78 is 0. The molecule has 1 amide bonds. The fourth-order valence-corrected chi connectivity index (χ4v) is 3.07. The number of para-hydroxylation sites is 1. The lowest BCUT2D eigenvalue weighted by Crippen LogP contribution is -2.31. The number of benzene rings is 2. The highest BCUT2D eigenvalue weighted by Gasteiger charge is 2.19. The van der Waals surface area contributed by atoms with E-state index in [0.717, 1.165) is 23.5 Å². The van der Waals surface area contributed by atoms with Crippen LogP contribution in [-0.2, 0) is 0 Å². The number of hydrogen-bond acceptors (Lipinski definition) is 4. The largest absolute Gasteiger partial charge is 0.327 e. The van der Waals surface area contributed by atoms with Crippen LogP contribution < -0.4 is 9.80 Å². The maximum atomic E-state index is 13.1. The summed E-state index contributed by atoms with van der Waals surface area (Å²) in [7, 11) is 0. The van der Waals surface area contributed by atoms with Crippen molar-refractivity contribution in [2.75, 3.05) is 22.9 Å². The van der Waals surface area contributed by atoms with Gasteiger partial charge in [0.2, 0.25) is 0 Å². The van der Waals surface area contributed by atoms with Crippen molar-refractivity contribution in [3.05, 3.63) is 78.2 Å². The SMILES string of the molecule is CCN(C(=O)c1cc(N(CC)c2ccccc2)ncn1)c1cccc(C)c1. The fraction of sp³-hybridized carbons (Fsp3) is 0.227. The minimum atomic E-state index is -0.129. The van der Waals surface area contributed by atoms with E-state index < -0.39 is 0 Å². The number of hydrogen-bond donors (Lipinski definition) is 0. The van der Waals surface area contributed by atoms with Gasteiger partial charge in [0.25, 0.3) is 5.91 Å². The van der Waals surface area contributed by atoms with Crippen LogP contribution in [0.4, 0.5) is 17.2 Å². The van der Waals surface area contributed by atoms with Crippen molar-refractivity contribution in [1.82, 2.24) is 9.97 Å². The van der Waals surface area contributed by atoms with Crippen molar-refractivity contribution in [2.45, 2.75) is 20.8 Å². The molecule has 3 rings (SSSR count). The van der Waals surface area contributed by atoms with Gasteiger partial charge in [0, 0.05) is 30.5 Å². The smallest absolute Gasteiger partial charge is 0.277 e. The Bertz CT molecular complexity index is 911. The molecule has 0 unspecified atom stereocenters. The van der Waals surface area contributed by atoms with E-state index in [4.69, 9.17) is 0 Å². The first kappa shape index (κ1) is 18.6. The average Bonchev–Trinajstić information content (AvgIpc) is 2.70. The Morgan fingerprint density at radius 3 is 2.30 bits per heavy atom. The van der Waals surface area contributed by atoms with Gasteiger partial charge >= 0.3 is 0 Å². The van der Waals surface area contributed by atoms with Crippen LogP contribution >= 0.6 is 0 Å². The van der Waals surface area contributed by atoms with Gasteiger partial charge in [-0.25, -0.2) is 9.97 Å². The zero-order valence-corrected chi connectivity index (χ0v) is 16.0. The second-order valence-electron chi connectivity index (χ2n) is 6.23. The minimum absolute atomic E-state index is 0.129. The Labute approximate surface area is 160 Å². The molecule has 0 fully saturated rings. The number of aromatic nitrogens is 2. The molecule has 0 radical (unpaired) electrons. The highest BCUT2D eigenvalue weighted by molar-refractivity contribution is 6.05. The molecule has 0 saturated carbocycles. The Kier molecular flexibility index (Phi) is 5.81. The summed E-state index contributed by atoms with van der Waals surface area (Å²) in [4.78, 5) is 25.5. The van der Waals surface area contributed by atoms with Gasteiger partial charge in [0.15, 0.2) is 0 Å². The highest BCUT2D eigenvalue weighted by Crippen LogP contribution is 2.24. The van der Waals surface area contributed by atoms with Gasteiger partial charge in [0.05, 0.1) is 0 Å². The lowest BCUT2D eigenvalue weighted by Gasteiger charge is -2.24. The molecule has 27 heavy (non-hydrogen) atoms. The number of anilines is 3. The molecule has 3 aromatic rings. The highest BCUT2D eigenvalue weighted by atomic mass is 16.2. The van der Waals surface area contributed by atoms with Crippen molar-refractivity contribution in [2.24, 2.45) is 0 Å². The number of carbonyl (C=O) groups excluding carboxylic acids is 1. The normalized spacial score (nSPS) is 10.5. The zero-order chi connectivity index (χ0) is 19.2. The van der Waals surface area contributed by atoms with E-state index in [0.29, 0.717) is 18.1 Å². The number of nitrogens with zero attached hydrogens (tertiary/aromatic N) is 4. The maximum Gasteiger partial charge on any atom is 0.277 e. The monoisotopic (exact) mass is 360 g/mol. The Balaban J connectivity index is 1.93. The third-order valence-electron chi connectivity index (χ3n) is 4.41. The van der Waals surface area contributed by atoms with Gasteiger partial charge < -0.3 is 9.80 Å². The Morgan fingerprint density at radius 1 is 0.889 bits per heavy atom. The number of amides is 1. The van der Waals surface area contributed by atoms with E-state index in [1.165, 1.54) is 6.33 Å². The van der Waals surface area contributed by atoms with Crippen molar-refractivity contribution in [3.8, 4) is 0 Å². The van der Waals surface area contributed by atoms with E-state index in [1.54, 1.807) is 11.0 Å². The van der Waals surface area contributed by atoms with E-state index in [9.17, 15) is 4.79 Å². The predicted octanol–water partition coefficient (Wildman–Crippen LogP) is 4.61. The average molecular weight is 360 g/mol. The van der Waals surface area contributed by atoms with Gasteiger partial charge in [0.1, 0.15) is 17.8 Å². The van der Waals surface area contributed by atoms with Gasteiger partial charge in [-0.05, 0) is 50.6 Å². The van der Waals surface area contributed by atoms with Crippen LogP contribution in [0.3, 0.4) is 0 Å². The van der Waals surface area contributed by atoms with E-state index in [2.05, 4.69) is 21.8 Å².